The third-order valence-corrected chi connectivity index (χ3v) is 3.78. The topological polar surface area (TPSA) is 23.5 Å². The molecule has 1 N–H and O–H groups in total. The van der Waals surface area contributed by atoms with Gasteiger partial charge in [0.15, 0.2) is 0 Å². The van der Waals surface area contributed by atoms with Crippen molar-refractivity contribution in [2.24, 2.45) is 0 Å². The van der Waals surface area contributed by atoms with E-state index in [-0.39, 0.29) is 0 Å². The molecule has 0 saturated heterocycles. The van der Waals surface area contributed by atoms with Crippen LogP contribution in [0.5, 0.6) is 5.75 Å². The summed E-state index contributed by atoms with van der Waals surface area (Å²) in [6.45, 7) is 6.56. The minimum absolute atomic E-state index is 0.359. The van der Waals surface area contributed by atoms with E-state index in [9.17, 15) is 5.11 Å². The van der Waals surface area contributed by atoms with Crippen LogP contribution in [0.4, 0.5) is 0 Å². The summed E-state index contributed by atoms with van der Waals surface area (Å²) < 4.78 is 0. The van der Waals surface area contributed by atoms with Gasteiger partial charge in [-0.05, 0) is 56.5 Å². The molecule has 0 amide bonds. The lowest BCUT2D eigenvalue weighted by Crippen LogP contribution is -2.31. The Bertz CT molecular complexity index is 536. The molecule has 0 aliphatic heterocycles. The van der Waals surface area contributed by atoms with Gasteiger partial charge in [0.25, 0.3) is 0 Å². The zero-order chi connectivity index (χ0) is 15.1. The van der Waals surface area contributed by atoms with Crippen molar-refractivity contribution in [3.63, 3.8) is 0 Å². The molecule has 0 aliphatic carbocycles. The first-order chi connectivity index (χ1) is 10.1. The van der Waals surface area contributed by atoms with Crippen LogP contribution in [0.25, 0.3) is 0 Å². The highest BCUT2D eigenvalue weighted by Crippen LogP contribution is 2.14. The first-order valence-corrected chi connectivity index (χ1v) is 7.71. The van der Waals surface area contributed by atoms with Gasteiger partial charge >= 0.3 is 0 Å². The number of hydrogen-bond donors (Lipinski definition) is 1. The lowest BCUT2D eigenvalue weighted by Gasteiger charge is -2.26. The van der Waals surface area contributed by atoms with Gasteiger partial charge in [-0.1, -0.05) is 42.5 Å². The molecule has 0 radical (unpaired) electrons. The molecule has 0 aliphatic rings. The van der Waals surface area contributed by atoms with Crippen LogP contribution in [-0.2, 0) is 13.0 Å². The van der Waals surface area contributed by atoms with Gasteiger partial charge in [0, 0.05) is 12.6 Å². The van der Waals surface area contributed by atoms with Crippen LogP contribution in [0.2, 0.25) is 0 Å². The van der Waals surface area contributed by atoms with E-state index >= 15 is 0 Å². The summed E-state index contributed by atoms with van der Waals surface area (Å²) in [6.07, 6.45) is 2.11. The Hall–Kier alpha value is -1.80. The smallest absolute Gasteiger partial charge is 0.115 e. The molecule has 112 valence electrons. The number of aromatic hydroxyl groups is 1. The fourth-order valence-corrected chi connectivity index (χ4v) is 2.54. The zero-order valence-corrected chi connectivity index (χ0v) is 13.0. The van der Waals surface area contributed by atoms with Crippen LogP contribution < -0.4 is 0 Å². The van der Waals surface area contributed by atoms with E-state index < -0.39 is 0 Å². The normalized spacial score (nSPS) is 11.2. The van der Waals surface area contributed by atoms with Crippen molar-refractivity contribution in [2.75, 3.05) is 6.54 Å². The second kappa shape index (κ2) is 7.84. The fraction of sp³-hybridized carbons (Fsp3) is 0.368. The molecule has 0 aromatic heterocycles. The number of nitrogens with zero attached hydrogens (tertiary/aromatic N) is 1. The maximum absolute atomic E-state index is 9.49. The Labute approximate surface area is 128 Å². The van der Waals surface area contributed by atoms with E-state index in [0.717, 1.165) is 25.9 Å². The van der Waals surface area contributed by atoms with Crippen LogP contribution in [0.1, 0.15) is 31.4 Å². The van der Waals surface area contributed by atoms with Crippen molar-refractivity contribution >= 4 is 0 Å². The van der Waals surface area contributed by atoms with E-state index in [0.29, 0.717) is 11.8 Å². The van der Waals surface area contributed by atoms with Gasteiger partial charge in [0.2, 0.25) is 0 Å². The van der Waals surface area contributed by atoms with Gasteiger partial charge in [-0.2, -0.15) is 0 Å². The van der Waals surface area contributed by atoms with Crippen LogP contribution in [-0.4, -0.2) is 22.6 Å². The molecule has 0 atom stereocenters. The van der Waals surface area contributed by atoms with Crippen LogP contribution in [0.3, 0.4) is 0 Å². The summed E-state index contributed by atoms with van der Waals surface area (Å²) in [5.74, 6) is 0.359. The second-order valence-electron chi connectivity index (χ2n) is 5.82. The highest BCUT2D eigenvalue weighted by Gasteiger charge is 2.09. The van der Waals surface area contributed by atoms with Crippen molar-refractivity contribution in [3.05, 3.63) is 65.7 Å². The van der Waals surface area contributed by atoms with Crippen molar-refractivity contribution < 1.29 is 5.11 Å². The summed E-state index contributed by atoms with van der Waals surface area (Å²) in [6, 6.07) is 18.7. The van der Waals surface area contributed by atoms with Gasteiger partial charge in [0.05, 0.1) is 0 Å². The van der Waals surface area contributed by atoms with E-state index in [1.54, 1.807) is 6.07 Å². The summed E-state index contributed by atoms with van der Waals surface area (Å²) in [5.41, 5.74) is 2.57. The molecule has 0 unspecified atom stereocenters. The summed E-state index contributed by atoms with van der Waals surface area (Å²) in [7, 11) is 0. The zero-order valence-electron chi connectivity index (χ0n) is 13.0. The largest absolute Gasteiger partial charge is 0.508 e. The summed E-state index contributed by atoms with van der Waals surface area (Å²) in [5, 5.41) is 9.49. The van der Waals surface area contributed by atoms with Gasteiger partial charge < -0.3 is 5.11 Å². The van der Waals surface area contributed by atoms with E-state index in [2.05, 4.69) is 55.1 Å². The van der Waals surface area contributed by atoms with Crippen molar-refractivity contribution in [1.29, 1.82) is 0 Å². The number of benzene rings is 2. The molecule has 0 heterocycles. The van der Waals surface area contributed by atoms with Crippen LogP contribution >= 0.6 is 0 Å². The molecular weight excluding hydrogens is 258 g/mol. The lowest BCUT2D eigenvalue weighted by atomic mass is 10.1. The minimum atomic E-state index is 0.359. The molecule has 2 nitrogen and oxygen atoms in total. The Balaban J connectivity index is 1.86. The number of rotatable bonds is 7. The Kier molecular flexibility index (Phi) is 5.82. The van der Waals surface area contributed by atoms with Crippen molar-refractivity contribution in [1.82, 2.24) is 4.90 Å². The second-order valence-corrected chi connectivity index (χ2v) is 5.82. The van der Waals surface area contributed by atoms with Crippen molar-refractivity contribution in [2.45, 2.75) is 39.3 Å². The predicted octanol–water partition coefficient (Wildman–Crippen LogP) is 4.24. The summed E-state index contributed by atoms with van der Waals surface area (Å²) >= 11 is 0. The molecule has 0 saturated carbocycles. The highest BCUT2D eigenvalue weighted by atomic mass is 16.3. The monoisotopic (exact) mass is 283 g/mol. The minimum Gasteiger partial charge on any atom is -0.508 e. The molecule has 2 rings (SSSR count). The fourth-order valence-electron chi connectivity index (χ4n) is 2.54. The number of hydrogen-bond acceptors (Lipinski definition) is 2. The molecule has 2 aromatic carbocycles. The molecule has 2 heteroatoms. The predicted molar refractivity (Wildman–Crippen MR) is 88.4 cm³/mol. The van der Waals surface area contributed by atoms with Gasteiger partial charge in [0.1, 0.15) is 5.75 Å². The standard InChI is InChI=1S/C19H25NO/c1-16(2)20(15-18-8-4-3-5-9-18)13-7-11-17-10-6-12-19(21)14-17/h3-6,8-10,12,14,16,21H,7,11,13,15H2,1-2H3. The van der Waals surface area contributed by atoms with Crippen LogP contribution in [0.15, 0.2) is 54.6 Å². The SMILES string of the molecule is CC(C)N(CCCc1cccc(O)c1)Cc1ccccc1. The average Bonchev–Trinajstić information content (AvgIpc) is 2.47. The van der Waals surface area contributed by atoms with Gasteiger partial charge in [-0.25, -0.2) is 0 Å². The number of phenolic OH excluding ortho intramolecular Hbond substituents is 1. The molecular formula is C19H25NO. The molecule has 0 bridgehead atoms. The van der Waals surface area contributed by atoms with E-state index in [1.807, 2.05) is 12.1 Å². The molecule has 21 heavy (non-hydrogen) atoms. The average molecular weight is 283 g/mol. The molecule has 2 aromatic rings. The van der Waals surface area contributed by atoms with Crippen LogP contribution in [0, 0.1) is 0 Å². The van der Waals surface area contributed by atoms with E-state index in [4.69, 9.17) is 0 Å². The maximum atomic E-state index is 9.49. The molecule has 0 spiro atoms. The maximum Gasteiger partial charge on any atom is 0.115 e. The Morgan fingerprint density at radius 1 is 0.952 bits per heavy atom. The first kappa shape index (κ1) is 15.6. The van der Waals surface area contributed by atoms with Crippen molar-refractivity contribution in [3.8, 4) is 5.75 Å². The Morgan fingerprint density at radius 3 is 2.33 bits per heavy atom. The highest BCUT2D eigenvalue weighted by molar-refractivity contribution is 5.27. The van der Waals surface area contributed by atoms with Gasteiger partial charge in [-0.3, -0.25) is 4.90 Å². The van der Waals surface area contributed by atoms with E-state index in [1.165, 1.54) is 11.1 Å². The number of aryl methyl sites for hydroxylation is 1. The third-order valence-electron chi connectivity index (χ3n) is 3.78. The summed E-state index contributed by atoms with van der Waals surface area (Å²) in [4.78, 5) is 2.50. The lowest BCUT2D eigenvalue weighted by molar-refractivity contribution is 0.210. The van der Waals surface area contributed by atoms with Gasteiger partial charge in [-0.15, -0.1) is 0 Å². The number of phenols is 1. The molecule has 0 fully saturated rings. The quantitative estimate of drug-likeness (QED) is 0.821. The third kappa shape index (κ3) is 5.24. The Morgan fingerprint density at radius 2 is 1.67 bits per heavy atom. The first-order valence-electron chi connectivity index (χ1n) is 7.71.